The van der Waals surface area contributed by atoms with Crippen LogP contribution in [0.5, 0.6) is 0 Å². The first kappa shape index (κ1) is 19.6. The Kier molecular flexibility index (Phi) is 5.39. The summed E-state index contributed by atoms with van der Waals surface area (Å²) < 4.78 is 2.30. The first-order chi connectivity index (χ1) is 14.0. The molecule has 2 N–H and O–H groups in total. The van der Waals surface area contributed by atoms with E-state index in [1.54, 1.807) is 16.8 Å². The third kappa shape index (κ3) is 3.91. The van der Waals surface area contributed by atoms with Crippen molar-refractivity contribution in [3.8, 4) is 11.3 Å². The van der Waals surface area contributed by atoms with Crippen LogP contribution in [0.3, 0.4) is 0 Å². The minimum atomic E-state index is -0.132. The average Bonchev–Trinajstić information content (AvgIpc) is 2.74. The van der Waals surface area contributed by atoms with Gasteiger partial charge >= 0.3 is 0 Å². The molecule has 1 aliphatic carbocycles. The van der Waals surface area contributed by atoms with Crippen LogP contribution in [0.15, 0.2) is 65.7 Å². The Morgan fingerprint density at radius 1 is 1.21 bits per heavy atom. The molecule has 7 heteroatoms. The van der Waals surface area contributed by atoms with E-state index in [1.807, 2.05) is 24.3 Å². The van der Waals surface area contributed by atoms with Gasteiger partial charge in [0.2, 0.25) is 0 Å². The molecule has 2 aromatic heterocycles. The van der Waals surface area contributed by atoms with E-state index in [-0.39, 0.29) is 17.0 Å². The SMILES string of the molecule is NCC1(c2cccc(Cl)c2)CCC(n2nc(-c3ccc[n+]([O-])c3)ccc2=O)CC1. The molecule has 0 saturated heterocycles. The van der Waals surface area contributed by atoms with Crippen LogP contribution in [0.1, 0.15) is 37.3 Å². The maximum absolute atomic E-state index is 12.5. The standard InChI is InChI=1S/C22H23ClN4O2/c23-18-5-1-4-17(13-18)22(15-24)10-8-19(9-11-22)27-21(28)7-6-20(25-27)16-3-2-12-26(29)14-16/h1-7,12-14,19H,8-11,15,24H2. The summed E-state index contributed by atoms with van der Waals surface area (Å²) in [6.07, 6.45) is 6.20. The Labute approximate surface area is 174 Å². The van der Waals surface area contributed by atoms with Gasteiger partial charge in [-0.3, -0.25) is 4.79 Å². The molecule has 150 valence electrons. The predicted octanol–water partition coefficient (Wildman–Crippen LogP) is 3.21. The minimum absolute atomic E-state index is 0.00407. The average molecular weight is 411 g/mol. The molecule has 29 heavy (non-hydrogen) atoms. The second-order valence-corrected chi connectivity index (χ2v) is 8.12. The van der Waals surface area contributed by atoms with Crippen LogP contribution >= 0.6 is 11.6 Å². The Morgan fingerprint density at radius 3 is 2.69 bits per heavy atom. The zero-order valence-electron chi connectivity index (χ0n) is 16.0. The fraction of sp³-hybridized carbons (Fsp3) is 0.318. The maximum atomic E-state index is 12.5. The molecule has 2 heterocycles. The van der Waals surface area contributed by atoms with E-state index in [0.29, 0.717) is 22.8 Å². The van der Waals surface area contributed by atoms with Crippen molar-refractivity contribution in [2.24, 2.45) is 5.73 Å². The lowest BCUT2D eigenvalue weighted by Crippen LogP contribution is -2.41. The van der Waals surface area contributed by atoms with E-state index in [4.69, 9.17) is 17.3 Å². The lowest BCUT2D eigenvalue weighted by atomic mass is 9.68. The molecule has 1 aromatic carbocycles. The van der Waals surface area contributed by atoms with Gasteiger partial charge in [-0.2, -0.15) is 9.83 Å². The predicted molar refractivity (Wildman–Crippen MR) is 113 cm³/mol. The lowest BCUT2D eigenvalue weighted by molar-refractivity contribution is -0.604. The number of hydrogen-bond acceptors (Lipinski definition) is 4. The molecule has 0 bridgehead atoms. The molecule has 1 saturated carbocycles. The number of hydrogen-bond donors (Lipinski definition) is 1. The fourth-order valence-corrected chi connectivity index (χ4v) is 4.47. The summed E-state index contributed by atoms with van der Waals surface area (Å²) in [7, 11) is 0. The maximum Gasteiger partial charge on any atom is 0.267 e. The van der Waals surface area contributed by atoms with Crippen LogP contribution in [0.25, 0.3) is 11.3 Å². The normalized spacial score (nSPS) is 21.8. The van der Waals surface area contributed by atoms with Gasteiger partial charge in [-0.05, 0) is 55.5 Å². The van der Waals surface area contributed by atoms with E-state index in [1.165, 1.54) is 18.5 Å². The van der Waals surface area contributed by atoms with Crippen molar-refractivity contribution in [2.45, 2.75) is 37.1 Å². The van der Waals surface area contributed by atoms with Crippen molar-refractivity contribution < 1.29 is 4.73 Å². The summed E-state index contributed by atoms with van der Waals surface area (Å²) in [6, 6.07) is 14.6. The minimum Gasteiger partial charge on any atom is -0.619 e. The van der Waals surface area contributed by atoms with Crippen LogP contribution in [0.2, 0.25) is 5.02 Å². The molecular formula is C22H23ClN4O2. The molecule has 0 radical (unpaired) electrons. The van der Waals surface area contributed by atoms with E-state index >= 15 is 0 Å². The Bertz CT molecular complexity index is 1070. The Morgan fingerprint density at radius 2 is 2.00 bits per heavy atom. The summed E-state index contributed by atoms with van der Waals surface area (Å²) in [4.78, 5) is 12.5. The van der Waals surface area contributed by atoms with Gasteiger partial charge in [0.15, 0.2) is 12.4 Å². The van der Waals surface area contributed by atoms with E-state index in [2.05, 4.69) is 11.2 Å². The van der Waals surface area contributed by atoms with E-state index < -0.39 is 0 Å². The van der Waals surface area contributed by atoms with Gasteiger partial charge in [-0.1, -0.05) is 23.7 Å². The number of pyridine rings is 1. The van der Waals surface area contributed by atoms with Gasteiger partial charge in [0, 0.05) is 29.1 Å². The van der Waals surface area contributed by atoms with Crippen molar-refractivity contribution in [2.75, 3.05) is 6.54 Å². The molecule has 3 aromatic rings. The lowest BCUT2D eigenvalue weighted by Gasteiger charge is -2.40. The molecule has 0 unspecified atom stereocenters. The highest BCUT2D eigenvalue weighted by Gasteiger charge is 2.37. The summed E-state index contributed by atoms with van der Waals surface area (Å²) in [6.45, 7) is 0.538. The van der Waals surface area contributed by atoms with Crippen LogP contribution < -0.4 is 16.0 Å². The molecule has 0 amide bonds. The van der Waals surface area contributed by atoms with Crippen molar-refractivity contribution >= 4 is 11.6 Å². The highest BCUT2D eigenvalue weighted by atomic mass is 35.5. The van der Waals surface area contributed by atoms with Gasteiger partial charge in [-0.25, -0.2) is 4.68 Å². The molecule has 1 aliphatic rings. The number of aromatic nitrogens is 3. The van der Waals surface area contributed by atoms with Crippen molar-refractivity contribution in [1.82, 2.24) is 9.78 Å². The third-order valence-electron chi connectivity index (χ3n) is 5.98. The van der Waals surface area contributed by atoms with Gasteiger partial charge in [-0.15, -0.1) is 0 Å². The number of benzene rings is 1. The summed E-state index contributed by atoms with van der Waals surface area (Å²) in [5.41, 5.74) is 8.38. The molecule has 1 fully saturated rings. The fourth-order valence-electron chi connectivity index (χ4n) is 4.28. The monoisotopic (exact) mass is 410 g/mol. The van der Waals surface area contributed by atoms with E-state index in [0.717, 1.165) is 36.0 Å². The Balaban J connectivity index is 1.60. The van der Waals surface area contributed by atoms with Gasteiger partial charge in [0.25, 0.3) is 5.56 Å². The zero-order chi connectivity index (χ0) is 20.4. The molecule has 0 aliphatic heterocycles. The summed E-state index contributed by atoms with van der Waals surface area (Å²) in [5, 5.41) is 16.9. The first-order valence-electron chi connectivity index (χ1n) is 9.76. The number of nitrogens with zero attached hydrogens (tertiary/aromatic N) is 3. The molecule has 0 spiro atoms. The summed E-state index contributed by atoms with van der Waals surface area (Å²) >= 11 is 6.19. The first-order valence-corrected chi connectivity index (χ1v) is 10.1. The molecule has 6 nitrogen and oxygen atoms in total. The largest absolute Gasteiger partial charge is 0.619 e. The second-order valence-electron chi connectivity index (χ2n) is 7.68. The van der Waals surface area contributed by atoms with Crippen molar-refractivity contribution in [3.63, 3.8) is 0 Å². The highest BCUT2D eigenvalue weighted by molar-refractivity contribution is 6.30. The van der Waals surface area contributed by atoms with Crippen LogP contribution in [-0.4, -0.2) is 16.3 Å². The Hall–Kier alpha value is -2.70. The third-order valence-corrected chi connectivity index (χ3v) is 6.22. The van der Waals surface area contributed by atoms with Gasteiger partial charge < -0.3 is 10.9 Å². The number of nitrogens with two attached hydrogens (primary N) is 1. The van der Waals surface area contributed by atoms with Crippen LogP contribution in [-0.2, 0) is 5.41 Å². The van der Waals surface area contributed by atoms with Crippen LogP contribution in [0.4, 0.5) is 0 Å². The van der Waals surface area contributed by atoms with E-state index in [9.17, 15) is 10.0 Å². The molecule has 4 rings (SSSR count). The smallest absolute Gasteiger partial charge is 0.267 e. The number of halogens is 1. The topological polar surface area (TPSA) is 87.8 Å². The highest BCUT2D eigenvalue weighted by Crippen LogP contribution is 2.42. The van der Waals surface area contributed by atoms with Crippen molar-refractivity contribution in [1.29, 1.82) is 0 Å². The quantitative estimate of drug-likeness (QED) is 0.528. The zero-order valence-corrected chi connectivity index (χ0v) is 16.8. The molecule has 0 atom stereocenters. The summed E-state index contributed by atoms with van der Waals surface area (Å²) in [5.74, 6) is 0. The van der Waals surface area contributed by atoms with Gasteiger partial charge in [0.1, 0.15) is 0 Å². The molecular weight excluding hydrogens is 388 g/mol. The van der Waals surface area contributed by atoms with Crippen LogP contribution in [0, 0.1) is 5.21 Å². The second kappa shape index (κ2) is 7.97. The van der Waals surface area contributed by atoms with Gasteiger partial charge in [0.05, 0.1) is 17.3 Å². The van der Waals surface area contributed by atoms with Crippen molar-refractivity contribution in [3.05, 3.63) is 87.1 Å². The number of rotatable bonds is 4.